The number of hydrogen-bond donors (Lipinski definition) is 2. The molecule has 0 radical (unpaired) electrons. The molecule has 35 heavy (non-hydrogen) atoms. The van der Waals surface area contributed by atoms with E-state index >= 15 is 0 Å². The Labute approximate surface area is 205 Å². The highest BCUT2D eigenvalue weighted by atomic mass is 32.2. The first kappa shape index (κ1) is 24.9. The first-order chi connectivity index (χ1) is 16.8. The Hall–Kier alpha value is -3.21. The molecule has 2 aromatic rings. The van der Waals surface area contributed by atoms with Crippen LogP contribution in [0.3, 0.4) is 0 Å². The lowest BCUT2D eigenvalue weighted by Crippen LogP contribution is -2.37. The number of carbonyl (C=O) groups excluding carboxylic acids is 2. The minimum absolute atomic E-state index is 0.0194. The van der Waals surface area contributed by atoms with Gasteiger partial charge in [-0.3, -0.25) is 9.59 Å². The number of sulfonamides is 1. The molecule has 0 aromatic heterocycles. The Morgan fingerprint density at radius 1 is 1.20 bits per heavy atom. The van der Waals surface area contributed by atoms with Crippen molar-refractivity contribution in [2.45, 2.75) is 36.5 Å². The van der Waals surface area contributed by atoms with Crippen molar-refractivity contribution in [2.24, 2.45) is 5.92 Å². The second-order valence-electron chi connectivity index (χ2n) is 8.59. The average Bonchev–Trinajstić information content (AvgIpc) is 3.42. The maximum absolute atomic E-state index is 13.4. The summed E-state index contributed by atoms with van der Waals surface area (Å²) in [6.45, 7) is 3.90. The molecule has 0 spiro atoms. The zero-order chi connectivity index (χ0) is 25.0. The molecule has 2 heterocycles. The zero-order valence-electron chi connectivity index (χ0n) is 19.5. The van der Waals surface area contributed by atoms with Gasteiger partial charge in [-0.25, -0.2) is 8.42 Å². The second kappa shape index (κ2) is 10.6. The predicted molar refractivity (Wildman–Crippen MR) is 130 cm³/mol. The second-order valence-corrected chi connectivity index (χ2v) is 10.5. The number of aryl methyl sites for hydroxylation is 1. The first-order valence-electron chi connectivity index (χ1n) is 11.4. The summed E-state index contributed by atoms with van der Waals surface area (Å²) in [7, 11) is -2.46. The fourth-order valence-corrected chi connectivity index (χ4v) is 6.10. The van der Waals surface area contributed by atoms with E-state index in [0.717, 1.165) is 5.56 Å². The topological polar surface area (TPSA) is 114 Å². The summed E-state index contributed by atoms with van der Waals surface area (Å²) < 4.78 is 39.3. The Bertz CT molecular complexity index is 1190. The highest BCUT2D eigenvalue weighted by molar-refractivity contribution is 7.89. The van der Waals surface area contributed by atoms with Crippen LogP contribution >= 0.6 is 0 Å². The number of anilines is 1. The monoisotopic (exact) mass is 499 g/mol. The van der Waals surface area contributed by atoms with E-state index in [4.69, 9.17) is 9.47 Å². The van der Waals surface area contributed by atoms with E-state index in [9.17, 15) is 18.0 Å². The average molecular weight is 500 g/mol. The molecule has 3 atom stereocenters. The van der Waals surface area contributed by atoms with E-state index in [-0.39, 0.29) is 47.6 Å². The van der Waals surface area contributed by atoms with Crippen molar-refractivity contribution in [3.63, 3.8) is 0 Å². The predicted octanol–water partition coefficient (Wildman–Crippen LogP) is 2.30. The van der Waals surface area contributed by atoms with Crippen molar-refractivity contribution < 1.29 is 27.5 Å². The molecule has 0 saturated carbocycles. The van der Waals surface area contributed by atoms with Gasteiger partial charge in [0.1, 0.15) is 16.9 Å². The molecule has 2 aliphatic rings. The molecule has 2 N–H and O–H groups in total. The number of nitrogens with one attached hydrogen (secondary N) is 2. The normalized spacial score (nSPS) is 21.8. The maximum atomic E-state index is 13.4. The molecule has 186 valence electrons. The van der Waals surface area contributed by atoms with Crippen LogP contribution in [0.4, 0.5) is 5.69 Å². The van der Waals surface area contributed by atoms with Gasteiger partial charge in [0.15, 0.2) is 0 Å². The molecule has 10 heteroatoms. The number of methoxy groups -OCH3 is 1. The van der Waals surface area contributed by atoms with Crippen molar-refractivity contribution in [1.29, 1.82) is 0 Å². The van der Waals surface area contributed by atoms with Crippen LogP contribution < -0.4 is 15.4 Å². The van der Waals surface area contributed by atoms with Crippen LogP contribution in [0.15, 0.2) is 66.1 Å². The van der Waals surface area contributed by atoms with Crippen LogP contribution in [0.1, 0.15) is 18.4 Å². The number of hydrogen-bond acceptors (Lipinski definition) is 6. The number of amides is 2. The third-order valence-electron chi connectivity index (χ3n) is 6.24. The number of benzene rings is 2. The summed E-state index contributed by atoms with van der Waals surface area (Å²) >= 11 is 0. The van der Waals surface area contributed by atoms with Gasteiger partial charge in [-0.1, -0.05) is 36.9 Å². The van der Waals surface area contributed by atoms with E-state index in [1.54, 1.807) is 6.07 Å². The van der Waals surface area contributed by atoms with Crippen molar-refractivity contribution >= 4 is 27.5 Å². The Kier molecular flexibility index (Phi) is 7.54. The molecule has 2 amide bonds. The number of fused-ring (bicyclic) bond motifs is 1. The van der Waals surface area contributed by atoms with Gasteiger partial charge in [0.05, 0.1) is 13.2 Å². The number of nitrogens with zero attached hydrogens (tertiary/aromatic N) is 1. The van der Waals surface area contributed by atoms with Gasteiger partial charge >= 0.3 is 0 Å². The highest BCUT2D eigenvalue weighted by Crippen LogP contribution is 2.37. The summed E-state index contributed by atoms with van der Waals surface area (Å²) in [6.07, 6.45) is 1.87. The van der Waals surface area contributed by atoms with E-state index < -0.39 is 16.3 Å². The third kappa shape index (κ3) is 5.72. The third-order valence-corrected chi connectivity index (χ3v) is 8.11. The SMILES string of the molecule is C=CC(=O)NC1CC2CN(S(=O)(=O)c3ccc(NC(=O)CCc4ccccc4)cc3OC)CC2O1. The lowest BCUT2D eigenvalue weighted by Gasteiger charge is -2.21. The van der Waals surface area contributed by atoms with Gasteiger partial charge in [0, 0.05) is 37.2 Å². The molecule has 3 unspecified atom stereocenters. The summed E-state index contributed by atoms with van der Waals surface area (Å²) in [5.41, 5.74) is 1.52. The lowest BCUT2D eigenvalue weighted by molar-refractivity contribution is -0.120. The van der Waals surface area contributed by atoms with E-state index in [1.807, 2.05) is 30.3 Å². The molecule has 2 fully saturated rings. The van der Waals surface area contributed by atoms with Crippen molar-refractivity contribution in [2.75, 3.05) is 25.5 Å². The summed E-state index contributed by atoms with van der Waals surface area (Å²) in [5, 5.41) is 5.50. The van der Waals surface area contributed by atoms with Crippen LogP contribution in [0.2, 0.25) is 0 Å². The van der Waals surface area contributed by atoms with Crippen molar-refractivity contribution in [1.82, 2.24) is 9.62 Å². The summed E-state index contributed by atoms with van der Waals surface area (Å²) in [4.78, 5) is 23.9. The Morgan fingerprint density at radius 3 is 2.66 bits per heavy atom. The minimum atomic E-state index is -3.85. The lowest BCUT2D eigenvalue weighted by atomic mass is 10.1. The first-order valence-corrected chi connectivity index (χ1v) is 12.8. The van der Waals surface area contributed by atoms with Crippen LogP contribution in [0.5, 0.6) is 5.75 Å². The molecule has 2 aromatic carbocycles. The van der Waals surface area contributed by atoms with Gasteiger partial charge in [-0.05, 0) is 36.6 Å². The number of ether oxygens (including phenoxy) is 2. The van der Waals surface area contributed by atoms with Gasteiger partial charge in [0.25, 0.3) is 0 Å². The van der Waals surface area contributed by atoms with E-state index in [0.29, 0.717) is 24.9 Å². The fraction of sp³-hybridized carbons (Fsp3) is 0.360. The van der Waals surface area contributed by atoms with Crippen LogP contribution in [-0.4, -0.2) is 57.1 Å². The number of carbonyl (C=O) groups is 2. The quantitative estimate of drug-likeness (QED) is 0.512. The number of rotatable bonds is 9. The molecule has 2 aliphatic heterocycles. The van der Waals surface area contributed by atoms with E-state index in [1.165, 1.54) is 29.6 Å². The van der Waals surface area contributed by atoms with Gasteiger partial charge in [-0.15, -0.1) is 0 Å². The highest BCUT2D eigenvalue weighted by Gasteiger charge is 2.46. The van der Waals surface area contributed by atoms with Gasteiger partial charge in [-0.2, -0.15) is 4.31 Å². The molecular formula is C25H29N3O6S. The van der Waals surface area contributed by atoms with Crippen LogP contribution in [0.25, 0.3) is 0 Å². The Balaban J connectivity index is 1.39. The molecular weight excluding hydrogens is 470 g/mol. The zero-order valence-corrected chi connectivity index (χ0v) is 20.3. The van der Waals surface area contributed by atoms with Crippen LogP contribution in [0, 0.1) is 5.92 Å². The van der Waals surface area contributed by atoms with Gasteiger partial charge < -0.3 is 20.1 Å². The van der Waals surface area contributed by atoms with Crippen molar-refractivity contribution in [3.05, 3.63) is 66.7 Å². The minimum Gasteiger partial charge on any atom is -0.495 e. The molecule has 0 bridgehead atoms. The summed E-state index contributed by atoms with van der Waals surface area (Å²) in [6, 6.07) is 14.2. The molecule has 4 rings (SSSR count). The van der Waals surface area contributed by atoms with E-state index in [2.05, 4.69) is 17.2 Å². The molecule has 9 nitrogen and oxygen atoms in total. The summed E-state index contributed by atoms with van der Waals surface area (Å²) in [5.74, 6) is -0.361. The molecule has 2 saturated heterocycles. The largest absolute Gasteiger partial charge is 0.495 e. The smallest absolute Gasteiger partial charge is 0.246 e. The fourth-order valence-electron chi connectivity index (χ4n) is 4.46. The Morgan fingerprint density at radius 2 is 1.97 bits per heavy atom. The maximum Gasteiger partial charge on any atom is 0.246 e. The van der Waals surface area contributed by atoms with Crippen LogP contribution in [-0.2, 0) is 30.8 Å². The van der Waals surface area contributed by atoms with Gasteiger partial charge in [0.2, 0.25) is 21.8 Å². The molecule has 0 aliphatic carbocycles. The van der Waals surface area contributed by atoms with Crippen molar-refractivity contribution in [3.8, 4) is 5.75 Å². The standard InChI is InChI=1S/C25H29N3O6S/c1-3-23(29)27-25-13-18-15-28(16-21(18)34-25)35(31,32)22-11-10-19(14-20(22)33-2)26-24(30)12-9-17-7-5-4-6-8-17/h3-8,10-11,14,18,21,25H,1,9,12-13,15-16H2,2H3,(H,26,30)(H,27,29).